The van der Waals surface area contributed by atoms with Gasteiger partial charge >= 0.3 is 0 Å². The Balaban J connectivity index is 2.28. The molecule has 0 saturated heterocycles. The Hall–Kier alpha value is -1.79. The van der Waals surface area contributed by atoms with Gasteiger partial charge in [-0.05, 0) is 42.8 Å². The molecule has 1 unspecified atom stereocenters. The molecule has 4 nitrogen and oxygen atoms in total. The van der Waals surface area contributed by atoms with Crippen molar-refractivity contribution in [2.24, 2.45) is 5.73 Å². The van der Waals surface area contributed by atoms with Crippen LogP contribution in [0.15, 0.2) is 47.5 Å². The van der Waals surface area contributed by atoms with Crippen molar-refractivity contribution in [2.75, 3.05) is 5.75 Å². The maximum Gasteiger partial charge on any atom is 0.180 e. The third kappa shape index (κ3) is 3.20. The van der Waals surface area contributed by atoms with Crippen LogP contribution in [0.25, 0.3) is 0 Å². The number of aromatic nitrogens is 1. The van der Waals surface area contributed by atoms with E-state index in [0.29, 0.717) is 11.3 Å². The predicted molar refractivity (Wildman–Crippen MR) is 74.4 cm³/mol. The van der Waals surface area contributed by atoms with Crippen molar-refractivity contribution >= 4 is 9.84 Å². The van der Waals surface area contributed by atoms with Crippen molar-refractivity contribution in [1.29, 1.82) is 0 Å². The van der Waals surface area contributed by atoms with Crippen LogP contribution < -0.4 is 5.73 Å². The second-order valence-electron chi connectivity index (χ2n) is 4.55. The van der Waals surface area contributed by atoms with Gasteiger partial charge in [0.25, 0.3) is 0 Å². The van der Waals surface area contributed by atoms with Gasteiger partial charge in [0.05, 0.1) is 22.4 Å². The average Bonchev–Trinajstić information content (AvgIpc) is 2.38. The molecule has 0 aliphatic heterocycles. The Kier molecular flexibility index (Phi) is 4.15. The lowest BCUT2D eigenvalue weighted by Gasteiger charge is -2.13. The number of nitrogens with zero attached hydrogens (tertiary/aromatic N) is 1. The van der Waals surface area contributed by atoms with Gasteiger partial charge in [0.2, 0.25) is 0 Å². The predicted octanol–water partition coefficient (Wildman–Crippen LogP) is 2.00. The second-order valence-corrected chi connectivity index (χ2v) is 6.55. The molecule has 1 aromatic heterocycles. The molecule has 0 saturated carbocycles. The normalized spacial score (nSPS) is 13.2. The molecule has 2 rings (SSSR count). The Morgan fingerprint density at radius 1 is 1.30 bits per heavy atom. The van der Waals surface area contributed by atoms with Gasteiger partial charge in [-0.25, -0.2) is 12.8 Å². The monoisotopic (exact) mass is 294 g/mol. The zero-order valence-corrected chi connectivity index (χ0v) is 11.8. The second kappa shape index (κ2) is 5.68. The van der Waals surface area contributed by atoms with Crippen LogP contribution in [0.1, 0.15) is 17.3 Å². The Morgan fingerprint density at radius 2 is 2.05 bits per heavy atom. The number of halogens is 1. The van der Waals surface area contributed by atoms with Gasteiger partial charge in [-0.15, -0.1) is 0 Å². The smallest absolute Gasteiger partial charge is 0.180 e. The minimum atomic E-state index is -3.59. The van der Waals surface area contributed by atoms with Gasteiger partial charge in [-0.3, -0.25) is 4.98 Å². The van der Waals surface area contributed by atoms with Crippen LogP contribution in [0.5, 0.6) is 0 Å². The highest BCUT2D eigenvalue weighted by atomic mass is 32.2. The van der Waals surface area contributed by atoms with Crippen LogP contribution in [-0.2, 0) is 9.84 Å². The average molecular weight is 294 g/mol. The molecule has 0 spiro atoms. The Bertz CT molecular complexity index is 702. The fraction of sp³-hybridized carbons (Fsp3) is 0.214. The van der Waals surface area contributed by atoms with Crippen LogP contribution in [0, 0.1) is 12.7 Å². The minimum absolute atomic E-state index is 0.102. The quantitative estimate of drug-likeness (QED) is 0.875. The first-order chi connectivity index (χ1) is 9.40. The van der Waals surface area contributed by atoms with Crippen molar-refractivity contribution in [3.05, 3.63) is 59.7 Å². The maximum absolute atomic E-state index is 13.0. The van der Waals surface area contributed by atoms with Gasteiger partial charge < -0.3 is 5.73 Å². The molecule has 0 aliphatic carbocycles. The van der Waals surface area contributed by atoms with Crippen molar-refractivity contribution in [1.82, 2.24) is 4.98 Å². The standard InChI is InChI=1S/C14H15FN2O2S/c1-10-8-11(15)5-6-14(10)20(18,19)9-12(16)13-4-2-3-7-17-13/h2-8,12H,9,16H2,1H3. The van der Waals surface area contributed by atoms with E-state index in [-0.39, 0.29) is 10.6 Å². The first kappa shape index (κ1) is 14.6. The van der Waals surface area contributed by atoms with Crippen LogP contribution in [0.2, 0.25) is 0 Å². The molecule has 0 aliphatic rings. The van der Waals surface area contributed by atoms with E-state index in [2.05, 4.69) is 4.98 Å². The summed E-state index contributed by atoms with van der Waals surface area (Å²) < 4.78 is 37.7. The molecule has 2 N–H and O–H groups in total. The minimum Gasteiger partial charge on any atom is -0.322 e. The summed E-state index contributed by atoms with van der Waals surface area (Å²) in [6, 6.07) is 8.03. The summed E-state index contributed by atoms with van der Waals surface area (Å²) in [7, 11) is -3.59. The molecule has 0 amide bonds. The molecule has 2 aromatic rings. The number of aryl methyl sites for hydroxylation is 1. The molecule has 1 heterocycles. The largest absolute Gasteiger partial charge is 0.322 e. The summed E-state index contributed by atoms with van der Waals surface area (Å²) in [5.41, 5.74) is 6.77. The van der Waals surface area contributed by atoms with Gasteiger partial charge in [-0.1, -0.05) is 6.07 Å². The van der Waals surface area contributed by atoms with E-state index in [4.69, 9.17) is 5.73 Å². The Morgan fingerprint density at radius 3 is 2.65 bits per heavy atom. The number of nitrogens with two attached hydrogens (primary N) is 1. The topological polar surface area (TPSA) is 73.0 Å². The molecular weight excluding hydrogens is 279 g/mol. The highest BCUT2D eigenvalue weighted by Gasteiger charge is 2.22. The van der Waals surface area contributed by atoms with Crippen LogP contribution >= 0.6 is 0 Å². The number of rotatable bonds is 4. The molecule has 0 bridgehead atoms. The highest BCUT2D eigenvalue weighted by Crippen LogP contribution is 2.21. The molecular formula is C14H15FN2O2S. The van der Waals surface area contributed by atoms with Gasteiger partial charge in [0.1, 0.15) is 5.82 Å². The highest BCUT2D eigenvalue weighted by molar-refractivity contribution is 7.91. The molecule has 1 atom stereocenters. The maximum atomic E-state index is 13.0. The van der Waals surface area contributed by atoms with E-state index in [1.807, 2.05) is 0 Å². The first-order valence-corrected chi connectivity index (χ1v) is 7.71. The summed E-state index contributed by atoms with van der Waals surface area (Å²) in [6.07, 6.45) is 1.56. The van der Waals surface area contributed by atoms with Crippen molar-refractivity contribution in [3.8, 4) is 0 Å². The number of pyridine rings is 1. The lowest BCUT2D eigenvalue weighted by Crippen LogP contribution is -2.23. The molecule has 0 fully saturated rings. The third-order valence-electron chi connectivity index (χ3n) is 2.94. The van der Waals surface area contributed by atoms with E-state index in [9.17, 15) is 12.8 Å². The molecule has 0 radical (unpaired) electrons. The van der Waals surface area contributed by atoms with E-state index in [0.717, 1.165) is 6.07 Å². The molecule has 6 heteroatoms. The third-order valence-corrected chi connectivity index (χ3v) is 4.86. The summed E-state index contributed by atoms with van der Waals surface area (Å²) in [5.74, 6) is -0.730. The SMILES string of the molecule is Cc1cc(F)ccc1S(=O)(=O)CC(N)c1ccccn1. The van der Waals surface area contributed by atoms with Gasteiger partial charge in [0.15, 0.2) is 9.84 Å². The fourth-order valence-electron chi connectivity index (χ4n) is 1.97. The lowest BCUT2D eigenvalue weighted by molar-refractivity contribution is 0.585. The van der Waals surface area contributed by atoms with E-state index < -0.39 is 21.7 Å². The van der Waals surface area contributed by atoms with Crippen molar-refractivity contribution in [2.45, 2.75) is 17.9 Å². The summed E-state index contributed by atoms with van der Waals surface area (Å²) in [4.78, 5) is 4.15. The zero-order chi connectivity index (χ0) is 14.8. The molecule has 1 aromatic carbocycles. The molecule has 106 valence electrons. The number of sulfone groups is 1. The van der Waals surface area contributed by atoms with E-state index in [1.165, 1.54) is 12.1 Å². The summed E-state index contributed by atoms with van der Waals surface area (Å²) >= 11 is 0. The number of benzene rings is 1. The van der Waals surface area contributed by atoms with E-state index in [1.54, 1.807) is 31.3 Å². The lowest BCUT2D eigenvalue weighted by atomic mass is 10.2. The van der Waals surface area contributed by atoms with Crippen LogP contribution in [0.4, 0.5) is 4.39 Å². The summed E-state index contributed by atoms with van der Waals surface area (Å²) in [6.45, 7) is 1.56. The summed E-state index contributed by atoms with van der Waals surface area (Å²) in [5, 5.41) is 0. The Labute approximate surface area is 117 Å². The van der Waals surface area contributed by atoms with E-state index >= 15 is 0 Å². The zero-order valence-electron chi connectivity index (χ0n) is 11.0. The van der Waals surface area contributed by atoms with Crippen molar-refractivity contribution in [3.63, 3.8) is 0 Å². The van der Waals surface area contributed by atoms with Crippen LogP contribution in [-0.4, -0.2) is 19.2 Å². The van der Waals surface area contributed by atoms with Gasteiger partial charge in [-0.2, -0.15) is 0 Å². The van der Waals surface area contributed by atoms with Gasteiger partial charge in [0, 0.05) is 6.20 Å². The van der Waals surface area contributed by atoms with Crippen molar-refractivity contribution < 1.29 is 12.8 Å². The van der Waals surface area contributed by atoms with Crippen LogP contribution in [0.3, 0.4) is 0 Å². The first-order valence-electron chi connectivity index (χ1n) is 6.05. The fourth-order valence-corrected chi connectivity index (χ4v) is 3.62. The number of hydrogen-bond donors (Lipinski definition) is 1. The number of hydrogen-bond acceptors (Lipinski definition) is 4. The molecule has 20 heavy (non-hydrogen) atoms.